The number of nitrogens with one attached hydrogen (secondary N) is 1. The Bertz CT molecular complexity index is 408. The van der Waals surface area contributed by atoms with Gasteiger partial charge in [0, 0.05) is 26.2 Å². The third kappa shape index (κ3) is 3.55. The lowest BCUT2D eigenvalue weighted by atomic mass is 10.0. The van der Waals surface area contributed by atoms with Crippen LogP contribution in [0.5, 0.6) is 0 Å². The van der Waals surface area contributed by atoms with Gasteiger partial charge in [-0.3, -0.25) is 4.79 Å². The van der Waals surface area contributed by atoms with Crippen LogP contribution in [0.1, 0.15) is 24.9 Å². The van der Waals surface area contributed by atoms with Gasteiger partial charge < -0.3 is 15.0 Å². The molecule has 0 radical (unpaired) electrons. The minimum Gasteiger partial charge on any atom is -0.384 e. The fraction of sp³-hybridized carbons (Fsp3) is 0.533. The third-order valence-electron chi connectivity index (χ3n) is 3.53. The molecule has 2 atom stereocenters. The molecule has 2 unspecified atom stereocenters. The Morgan fingerprint density at radius 2 is 2.16 bits per heavy atom. The molecule has 19 heavy (non-hydrogen) atoms. The molecule has 1 aliphatic heterocycles. The summed E-state index contributed by atoms with van der Waals surface area (Å²) in [7, 11) is 1.63. The summed E-state index contributed by atoms with van der Waals surface area (Å²) in [5.41, 5.74) is 1.19. The van der Waals surface area contributed by atoms with E-state index in [0.29, 0.717) is 19.1 Å². The molecular formula is C15H22N2O2. The zero-order chi connectivity index (χ0) is 13.7. The van der Waals surface area contributed by atoms with Crippen molar-refractivity contribution in [2.24, 2.45) is 0 Å². The molecule has 0 aromatic heterocycles. The van der Waals surface area contributed by atoms with Crippen LogP contribution in [-0.2, 0) is 9.53 Å². The molecule has 1 N–H and O–H groups in total. The minimum atomic E-state index is 0.127. The lowest BCUT2D eigenvalue weighted by molar-refractivity contribution is -0.136. The predicted molar refractivity (Wildman–Crippen MR) is 74.9 cm³/mol. The molecular weight excluding hydrogens is 240 g/mol. The predicted octanol–water partition coefficient (Wildman–Crippen LogP) is 1.58. The van der Waals surface area contributed by atoms with Gasteiger partial charge in [-0.05, 0) is 12.5 Å². The molecule has 0 spiro atoms. The van der Waals surface area contributed by atoms with Gasteiger partial charge in [-0.15, -0.1) is 0 Å². The number of hydrogen-bond acceptors (Lipinski definition) is 3. The first-order valence-electron chi connectivity index (χ1n) is 6.79. The van der Waals surface area contributed by atoms with Crippen molar-refractivity contribution in [2.75, 3.05) is 26.8 Å². The molecule has 1 aromatic rings. The van der Waals surface area contributed by atoms with Gasteiger partial charge in [-0.25, -0.2) is 0 Å². The number of benzene rings is 1. The fourth-order valence-electron chi connectivity index (χ4n) is 2.49. The maximum atomic E-state index is 12.3. The average molecular weight is 262 g/mol. The Labute approximate surface area is 114 Å². The maximum Gasteiger partial charge on any atom is 0.225 e. The molecule has 1 aromatic carbocycles. The molecule has 104 valence electrons. The summed E-state index contributed by atoms with van der Waals surface area (Å²) in [4.78, 5) is 14.3. The van der Waals surface area contributed by atoms with Crippen molar-refractivity contribution >= 4 is 5.91 Å². The second-order valence-corrected chi connectivity index (χ2v) is 5.02. The van der Waals surface area contributed by atoms with E-state index < -0.39 is 0 Å². The topological polar surface area (TPSA) is 41.6 Å². The van der Waals surface area contributed by atoms with Gasteiger partial charge >= 0.3 is 0 Å². The van der Waals surface area contributed by atoms with Crippen molar-refractivity contribution in [3.63, 3.8) is 0 Å². The second-order valence-electron chi connectivity index (χ2n) is 5.02. The quantitative estimate of drug-likeness (QED) is 0.896. The molecule has 0 aliphatic carbocycles. The number of ether oxygens (including phenoxy) is 1. The Morgan fingerprint density at radius 3 is 2.84 bits per heavy atom. The highest BCUT2D eigenvalue weighted by Crippen LogP contribution is 2.24. The summed E-state index contributed by atoms with van der Waals surface area (Å²) in [5, 5.41) is 3.45. The summed E-state index contributed by atoms with van der Waals surface area (Å²) >= 11 is 0. The van der Waals surface area contributed by atoms with Gasteiger partial charge in [0.05, 0.1) is 19.1 Å². The van der Waals surface area contributed by atoms with Crippen molar-refractivity contribution < 1.29 is 9.53 Å². The number of piperazine rings is 1. The summed E-state index contributed by atoms with van der Waals surface area (Å²) in [6.45, 7) is 4.16. The summed E-state index contributed by atoms with van der Waals surface area (Å²) in [5.74, 6) is 0.170. The van der Waals surface area contributed by atoms with E-state index in [2.05, 4.69) is 24.4 Å². The Balaban J connectivity index is 2.13. The molecule has 1 aliphatic rings. The molecule has 1 fully saturated rings. The van der Waals surface area contributed by atoms with Crippen LogP contribution in [0, 0.1) is 0 Å². The second kappa shape index (κ2) is 6.68. The molecule has 1 amide bonds. The third-order valence-corrected chi connectivity index (χ3v) is 3.53. The number of rotatable bonds is 4. The summed E-state index contributed by atoms with van der Waals surface area (Å²) in [6.07, 6.45) is 0.451. The van der Waals surface area contributed by atoms with E-state index >= 15 is 0 Å². The standard InChI is InChI=1S/C15H22N2O2/c1-12-11-17(15(18)8-9-19-2)14(10-16-12)13-6-4-3-5-7-13/h3-7,12,14,16H,8-11H2,1-2H3. The number of carbonyl (C=O) groups excluding carboxylic acids is 1. The van der Waals surface area contributed by atoms with Gasteiger partial charge in [0.2, 0.25) is 5.91 Å². The first-order valence-corrected chi connectivity index (χ1v) is 6.79. The number of hydrogen-bond donors (Lipinski definition) is 1. The Hall–Kier alpha value is -1.39. The Morgan fingerprint density at radius 1 is 1.42 bits per heavy atom. The van der Waals surface area contributed by atoms with E-state index in [1.165, 1.54) is 5.56 Å². The largest absolute Gasteiger partial charge is 0.384 e. The van der Waals surface area contributed by atoms with Crippen LogP contribution in [0.15, 0.2) is 30.3 Å². The molecule has 0 saturated carbocycles. The molecule has 0 bridgehead atoms. The monoisotopic (exact) mass is 262 g/mol. The number of amides is 1. The van der Waals surface area contributed by atoms with Crippen molar-refractivity contribution in [2.45, 2.75) is 25.4 Å². The maximum absolute atomic E-state index is 12.3. The highest BCUT2D eigenvalue weighted by atomic mass is 16.5. The average Bonchev–Trinajstić information content (AvgIpc) is 2.45. The normalized spacial score (nSPS) is 23.4. The van der Waals surface area contributed by atoms with E-state index in [-0.39, 0.29) is 11.9 Å². The molecule has 1 heterocycles. The zero-order valence-corrected chi connectivity index (χ0v) is 11.6. The molecule has 4 nitrogen and oxygen atoms in total. The number of carbonyl (C=O) groups is 1. The Kier molecular flexibility index (Phi) is 4.93. The zero-order valence-electron chi connectivity index (χ0n) is 11.6. The molecule has 2 rings (SSSR count). The van der Waals surface area contributed by atoms with Crippen molar-refractivity contribution in [3.05, 3.63) is 35.9 Å². The van der Waals surface area contributed by atoms with Crippen LogP contribution in [0.4, 0.5) is 0 Å². The van der Waals surface area contributed by atoms with E-state index in [1.807, 2.05) is 23.1 Å². The lowest BCUT2D eigenvalue weighted by Crippen LogP contribution is -2.53. The summed E-state index contributed by atoms with van der Waals surface area (Å²) in [6, 6.07) is 10.7. The fourth-order valence-corrected chi connectivity index (χ4v) is 2.49. The summed E-state index contributed by atoms with van der Waals surface area (Å²) < 4.78 is 5.01. The van der Waals surface area contributed by atoms with E-state index in [9.17, 15) is 4.79 Å². The van der Waals surface area contributed by atoms with Crippen LogP contribution < -0.4 is 5.32 Å². The van der Waals surface area contributed by atoms with E-state index in [1.54, 1.807) is 7.11 Å². The van der Waals surface area contributed by atoms with Gasteiger partial charge in [0.25, 0.3) is 0 Å². The smallest absolute Gasteiger partial charge is 0.225 e. The van der Waals surface area contributed by atoms with Gasteiger partial charge in [0.15, 0.2) is 0 Å². The van der Waals surface area contributed by atoms with Crippen molar-refractivity contribution in [1.29, 1.82) is 0 Å². The van der Waals surface area contributed by atoms with Gasteiger partial charge in [-0.1, -0.05) is 30.3 Å². The van der Waals surface area contributed by atoms with Crippen LogP contribution in [0.2, 0.25) is 0 Å². The van der Waals surface area contributed by atoms with Crippen LogP contribution in [0.3, 0.4) is 0 Å². The highest BCUT2D eigenvalue weighted by molar-refractivity contribution is 5.77. The van der Waals surface area contributed by atoms with Crippen LogP contribution in [0.25, 0.3) is 0 Å². The van der Waals surface area contributed by atoms with Crippen LogP contribution in [-0.4, -0.2) is 43.7 Å². The molecule has 1 saturated heterocycles. The van der Waals surface area contributed by atoms with E-state index in [0.717, 1.165) is 13.1 Å². The van der Waals surface area contributed by atoms with Crippen molar-refractivity contribution in [1.82, 2.24) is 10.2 Å². The first-order chi connectivity index (χ1) is 9.22. The SMILES string of the molecule is COCCC(=O)N1CC(C)NCC1c1ccccc1. The van der Waals surface area contributed by atoms with Gasteiger partial charge in [-0.2, -0.15) is 0 Å². The van der Waals surface area contributed by atoms with Crippen molar-refractivity contribution in [3.8, 4) is 0 Å². The van der Waals surface area contributed by atoms with E-state index in [4.69, 9.17) is 4.74 Å². The first kappa shape index (κ1) is 14.0. The minimum absolute atomic E-state index is 0.127. The number of nitrogens with zero attached hydrogens (tertiary/aromatic N) is 1. The van der Waals surface area contributed by atoms with Gasteiger partial charge in [0.1, 0.15) is 0 Å². The number of methoxy groups -OCH3 is 1. The lowest BCUT2D eigenvalue weighted by Gasteiger charge is -2.39. The highest BCUT2D eigenvalue weighted by Gasteiger charge is 2.30. The van der Waals surface area contributed by atoms with Crippen LogP contribution >= 0.6 is 0 Å². The molecule has 4 heteroatoms.